The zero-order valence-electron chi connectivity index (χ0n) is 8.88. The van der Waals surface area contributed by atoms with Gasteiger partial charge < -0.3 is 5.73 Å². The molecule has 2 heterocycles. The van der Waals surface area contributed by atoms with Gasteiger partial charge in [-0.25, -0.2) is 0 Å². The van der Waals surface area contributed by atoms with E-state index in [1.165, 1.54) is 11.3 Å². The first kappa shape index (κ1) is 13.1. The van der Waals surface area contributed by atoms with Crippen molar-refractivity contribution >= 4 is 60.2 Å². The summed E-state index contributed by atoms with van der Waals surface area (Å²) in [5.74, 6) is 0. The van der Waals surface area contributed by atoms with Crippen LogP contribution in [0.15, 0.2) is 13.6 Å². The van der Waals surface area contributed by atoms with Gasteiger partial charge in [0.2, 0.25) is 0 Å². The van der Waals surface area contributed by atoms with E-state index in [4.69, 9.17) is 11.0 Å². The van der Waals surface area contributed by atoms with E-state index in [0.717, 1.165) is 30.0 Å². The molecule has 0 amide bonds. The molecular formula is C11H8Br2N2S2. The SMILES string of the molecule is CCc1c(-c2cc(Br)sc2Br)sc(C#N)c1N. The highest BCUT2D eigenvalue weighted by Crippen LogP contribution is 2.45. The number of thiophene rings is 2. The zero-order valence-corrected chi connectivity index (χ0v) is 13.7. The molecule has 2 rings (SSSR count). The largest absolute Gasteiger partial charge is 0.397 e. The number of nitrogens with two attached hydrogens (primary N) is 1. The van der Waals surface area contributed by atoms with Crippen molar-refractivity contribution in [1.82, 2.24) is 0 Å². The monoisotopic (exact) mass is 390 g/mol. The molecule has 0 atom stereocenters. The number of nitriles is 1. The normalized spacial score (nSPS) is 10.5. The van der Waals surface area contributed by atoms with E-state index in [-0.39, 0.29) is 0 Å². The second-order valence-electron chi connectivity index (χ2n) is 3.36. The lowest BCUT2D eigenvalue weighted by Crippen LogP contribution is -1.91. The number of hydrogen-bond acceptors (Lipinski definition) is 4. The third kappa shape index (κ3) is 2.29. The van der Waals surface area contributed by atoms with Gasteiger partial charge in [0.1, 0.15) is 10.9 Å². The Balaban J connectivity index is 2.68. The number of nitrogen functional groups attached to an aromatic ring is 1. The summed E-state index contributed by atoms with van der Waals surface area (Å²) in [5.41, 5.74) is 8.79. The van der Waals surface area contributed by atoms with E-state index in [9.17, 15) is 0 Å². The predicted molar refractivity (Wildman–Crippen MR) is 81.5 cm³/mol. The van der Waals surface area contributed by atoms with E-state index in [1.807, 2.05) is 0 Å². The second-order valence-corrected chi connectivity index (χ2v) is 8.13. The maximum atomic E-state index is 9.04. The summed E-state index contributed by atoms with van der Waals surface area (Å²) in [6.45, 7) is 2.05. The lowest BCUT2D eigenvalue weighted by molar-refractivity contribution is 1.16. The van der Waals surface area contributed by atoms with Gasteiger partial charge >= 0.3 is 0 Å². The predicted octanol–water partition coefficient (Wildman–Crippen LogP) is 5.02. The van der Waals surface area contributed by atoms with Crippen LogP contribution in [-0.2, 0) is 6.42 Å². The van der Waals surface area contributed by atoms with E-state index in [2.05, 4.69) is 50.9 Å². The Morgan fingerprint density at radius 3 is 2.59 bits per heavy atom. The first-order valence-electron chi connectivity index (χ1n) is 4.84. The summed E-state index contributed by atoms with van der Waals surface area (Å²) < 4.78 is 2.12. The van der Waals surface area contributed by atoms with Crippen molar-refractivity contribution in [3.63, 3.8) is 0 Å². The summed E-state index contributed by atoms with van der Waals surface area (Å²) in [6, 6.07) is 4.21. The lowest BCUT2D eigenvalue weighted by Gasteiger charge is -2.00. The second kappa shape index (κ2) is 5.11. The molecular weight excluding hydrogens is 384 g/mol. The smallest absolute Gasteiger partial charge is 0.128 e. The molecule has 17 heavy (non-hydrogen) atoms. The molecule has 0 aliphatic carbocycles. The summed E-state index contributed by atoms with van der Waals surface area (Å²) in [7, 11) is 0. The van der Waals surface area contributed by atoms with E-state index in [0.29, 0.717) is 10.6 Å². The molecule has 0 unspecified atom stereocenters. The van der Waals surface area contributed by atoms with Gasteiger partial charge in [0.05, 0.1) is 13.3 Å². The maximum absolute atomic E-state index is 9.04. The summed E-state index contributed by atoms with van der Waals surface area (Å²) in [6.07, 6.45) is 0.833. The van der Waals surface area contributed by atoms with Crippen molar-refractivity contribution in [3.8, 4) is 16.5 Å². The van der Waals surface area contributed by atoms with Gasteiger partial charge in [-0.3, -0.25) is 0 Å². The minimum Gasteiger partial charge on any atom is -0.397 e. The zero-order chi connectivity index (χ0) is 12.6. The summed E-state index contributed by atoms with van der Waals surface area (Å²) in [4.78, 5) is 1.70. The molecule has 0 fully saturated rings. The molecule has 0 spiro atoms. The number of anilines is 1. The van der Waals surface area contributed by atoms with Crippen LogP contribution in [-0.4, -0.2) is 0 Å². The molecule has 2 aromatic heterocycles. The fourth-order valence-corrected chi connectivity index (χ4v) is 5.77. The molecule has 0 radical (unpaired) electrons. The van der Waals surface area contributed by atoms with Crippen LogP contribution in [0.3, 0.4) is 0 Å². The number of nitrogens with zero attached hydrogens (tertiary/aromatic N) is 1. The van der Waals surface area contributed by atoms with Gasteiger partial charge in [0, 0.05) is 10.4 Å². The van der Waals surface area contributed by atoms with Crippen molar-refractivity contribution in [2.24, 2.45) is 0 Å². The van der Waals surface area contributed by atoms with Crippen molar-refractivity contribution in [3.05, 3.63) is 24.1 Å². The highest BCUT2D eigenvalue weighted by molar-refractivity contribution is 9.12. The quantitative estimate of drug-likeness (QED) is 0.781. The third-order valence-electron chi connectivity index (χ3n) is 2.40. The molecule has 2 N–H and O–H groups in total. The molecule has 88 valence electrons. The van der Waals surface area contributed by atoms with Gasteiger partial charge in [-0.1, -0.05) is 6.92 Å². The van der Waals surface area contributed by atoms with Crippen LogP contribution in [0.1, 0.15) is 17.4 Å². The first-order valence-corrected chi connectivity index (χ1v) is 8.06. The Morgan fingerprint density at radius 2 is 2.12 bits per heavy atom. The molecule has 0 saturated carbocycles. The molecule has 6 heteroatoms. The van der Waals surface area contributed by atoms with Crippen LogP contribution in [0.5, 0.6) is 0 Å². The fraction of sp³-hybridized carbons (Fsp3) is 0.182. The third-order valence-corrected chi connectivity index (χ3v) is 5.93. The summed E-state index contributed by atoms with van der Waals surface area (Å²) in [5, 5.41) is 9.04. The minimum atomic E-state index is 0.603. The molecule has 0 aliphatic heterocycles. The minimum absolute atomic E-state index is 0.603. The number of hydrogen-bond donors (Lipinski definition) is 1. The fourth-order valence-electron chi connectivity index (χ4n) is 1.62. The van der Waals surface area contributed by atoms with Gasteiger partial charge in [0.25, 0.3) is 0 Å². The molecule has 2 nitrogen and oxygen atoms in total. The topological polar surface area (TPSA) is 49.8 Å². The van der Waals surface area contributed by atoms with Crippen molar-refractivity contribution < 1.29 is 0 Å². The van der Waals surface area contributed by atoms with Gasteiger partial charge in [-0.05, 0) is 49.9 Å². The van der Waals surface area contributed by atoms with Crippen molar-refractivity contribution in [2.75, 3.05) is 5.73 Å². The van der Waals surface area contributed by atoms with E-state index >= 15 is 0 Å². The van der Waals surface area contributed by atoms with Gasteiger partial charge in [0.15, 0.2) is 0 Å². The van der Waals surface area contributed by atoms with Crippen LogP contribution in [0, 0.1) is 11.3 Å². The number of rotatable bonds is 2. The molecule has 0 bridgehead atoms. The Kier molecular flexibility index (Phi) is 3.93. The highest BCUT2D eigenvalue weighted by Gasteiger charge is 2.19. The van der Waals surface area contributed by atoms with Crippen molar-refractivity contribution in [1.29, 1.82) is 5.26 Å². The van der Waals surface area contributed by atoms with Crippen molar-refractivity contribution in [2.45, 2.75) is 13.3 Å². The Hall–Kier alpha value is -0.350. The van der Waals surface area contributed by atoms with Crippen LogP contribution >= 0.6 is 54.5 Å². The molecule has 0 saturated heterocycles. The van der Waals surface area contributed by atoms with Crippen LogP contribution in [0.25, 0.3) is 10.4 Å². The maximum Gasteiger partial charge on any atom is 0.128 e. The van der Waals surface area contributed by atoms with Crippen LogP contribution < -0.4 is 5.73 Å². The molecule has 0 aliphatic rings. The molecule has 2 aromatic rings. The molecule has 0 aromatic carbocycles. The van der Waals surface area contributed by atoms with Gasteiger partial charge in [-0.15, -0.1) is 22.7 Å². The number of halogens is 2. The van der Waals surface area contributed by atoms with Crippen LogP contribution in [0.4, 0.5) is 5.69 Å². The Bertz CT molecular complexity index is 608. The van der Waals surface area contributed by atoms with Gasteiger partial charge in [-0.2, -0.15) is 5.26 Å². The Morgan fingerprint density at radius 1 is 1.41 bits per heavy atom. The van der Waals surface area contributed by atoms with E-state index in [1.54, 1.807) is 11.3 Å². The summed E-state index contributed by atoms with van der Waals surface area (Å²) >= 11 is 10.1. The average molecular weight is 392 g/mol. The lowest BCUT2D eigenvalue weighted by atomic mass is 10.1. The first-order chi connectivity index (χ1) is 8.08. The Labute approximate surface area is 124 Å². The van der Waals surface area contributed by atoms with E-state index < -0.39 is 0 Å². The highest BCUT2D eigenvalue weighted by atomic mass is 79.9. The standard InChI is InChI=1S/C11H8Br2N2S2/c1-2-5-9(15)7(4-14)16-10(5)6-3-8(12)17-11(6)13/h3H,2,15H2,1H3. The van der Waals surface area contributed by atoms with Crippen LogP contribution in [0.2, 0.25) is 0 Å². The average Bonchev–Trinajstić information content (AvgIpc) is 2.78.